The van der Waals surface area contributed by atoms with Gasteiger partial charge in [0, 0.05) is 37.9 Å². The van der Waals surface area contributed by atoms with Crippen molar-refractivity contribution in [3.8, 4) is 0 Å². The minimum absolute atomic E-state index is 0.0258. The maximum absolute atomic E-state index is 13.2. The molecule has 1 aromatic heterocycles. The first kappa shape index (κ1) is 26.6. The van der Waals surface area contributed by atoms with Crippen LogP contribution < -0.4 is 4.90 Å². The molecular weight excluding hydrogens is 471 g/mol. The van der Waals surface area contributed by atoms with Crippen LogP contribution >= 0.6 is 0 Å². The summed E-state index contributed by atoms with van der Waals surface area (Å²) < 4.78 is 31.7. The predicted molar refractivity (Wildman–Crippen MR) is 119 cm³/mol. The molecule has 1 unspecified atom stereocenters. The summed E-state index contributed by atoms with van der Waals surface area (Å²) in [4.78, 5) is 40.5. The van der Waals surface area contributed by atoms with Gasteiger partial charge in [0.25, 0.3) is 5.91 Å². The molecule has 0 radical (unpaired) electrons. The third kappa shape index (κ3) is 7.03. The molecule has 1 spiro atoms. The number of aliphatic carboxylic acids is 1. The second kappa shape index (κ2) is 11.6. The van der Waals surface area contributed by atoms with Gasteiger partial charge in [0.05, 0.1) is 19.3 Å². The van der Waals surface area contributed by atoms with Crippen LogP contribution in [0.3, 0.4) is 0 Å². The first-order valence-electron chi connectivity index (χ1n) is 11.6. The first-order valence-corrected chi connectivity index (χ1v) is 11.6. The number of hydrogen-bond donors (Lipinski definition) is 2. The number of aromatic nitrogens is 2. The molecular formula is C22H30F3N5O5. The Morgan fingerprint density at radius 2 is 1.91 bits per heavy atom. The van der Waals surface area contributed by atoms with Crippen molar-refractivity contribution >= 4 is 23.4 Å². The van der Waals surface area contributed by atoms with Crippen molar-refractivity contribution in [2.24, 2.45) is 5.16 Å². The maximum Gasteiger partial charge on any atom is 0.490 e. The van der Waals surface area contributed by atoms with Crippen LogP contribution in [0.5, 0.6) is 0 Å². The van der Waals surface area contributed by atoms with Gasteiger partial charge in [-0.15, -0.1) is 0 Å². The van der Waals surface area contributed by atoms with Crippen LogP contribution in [0, 0.1) is 0 Å². The molecule has 2 fully saturated rings. The van der Waals surface area contributed by atoms with Gasteiger partial charge in [-0.3, -0.25) is 9.78 Å². The number of piperidine rings is 1. The number of amides is 1. The minimum atomic E-state index is -5.08. The molecule has 1 saturated carbocycles. The van der Waals surface area contributed by atoms with E-state index in [0.717, 1.165) is 50.9 Å². The lowest BCUT2D eigenvalue weighted by molar-refractivity contribution is -0.192. The second-order valence-electron chi connectivity index (χ2n) is 8.89. The largest absolute Gasteiger partial charge is 0.490 e. The summed E-state index contributed by atoms with van der Waals surface area (Å²) >= 11 is 0. The third-order valence-electron chi connectivity index (χ3n) is 6.36. The molecule has 1 atom stereocenters. The highest BCUT2D eigenvalue weighted by Gasteiger charge is 2.46. The van der Waals surface area contributed by atoms with Crippen LogP contribution in [0.4, 0.5) is 19.0 Å². The molecule has 0 bridgehead atoms. The Hall–Kier alpha value is -2.96. The van der Waals surface area contributed by atoms with Crippen LogP contribution in [0.1, 0.15) is 51.4 Å². The Labute approximate surface area is 200 Å². The molecule has 1 aromatic rings. The molecule has 2 N–H and O–H groups in total. The van der Waals surface area contributed by atoms with Crippen molar-refractivity contribution < 1.29 is 37.8 Å². The molecule has 1 aliphatic carbocycles. The number of rotatable bonds is 5. The average Bonchev–Trinajstić information content (AvgIpc) is 3.26. The number of carboxylic acid groups (broad SMARTS) is 1. The van der Waals surface area contributed by atoms with E-state index in [-0.39, 0.29) is 18.6 Å². The van der Waals surface area contributed by atoms with Gasteiger partial charge < -0.3 is 24.9 Å². The SMILES string of the molecule is O=C(C1=NOC2(CCCN(c3cnccn3)C2)C1)N(CCO)C1CCCCC1.O=C(O)C(F)(F)F. The van der Waals surface area contributed by atoms with Gasteiger partial charge in [-0.05, 0) is 25.7 Å². The molecule has 3 aliphatic rings. The molecule has 1 saturated heterocycles. The smallest absolute Gasteiger partial charge is 0.475 e. The van der Waals surface area contributed by atoms with Gasteiger partial charge in [-0.2, -0.15) is 13.2 Å². The van der Waals surface area contributed by atoms with E-state index in [9.17, 15) is 23.1 Å². The summed E-state index contributed by atoms with van der Waals surface area (Å²) in [5, 5.41) is 20.8. The Morgan fingerprint density at radius 3 is 2.51 bits per heavy atom. The zero-order valence-corrected chi connectivity index (χ0v) is 19.3. The standard InChI is InChI=1S/C20H29N5O3.C2HF3O2/c26-12-11-25(16-5-2-1-3-6-16)19(27)17-13-20(28-23-17)7-4-10-24(15-20)18-14-21-8-9-22-18;3-2(4,5)1(6)7/h8-9,14,16,26H,1-7,10-13,15H2;(H,6,7). The molecule has 0 aromatic carbocycles. The number of anilines is 1. The highest BCUT2D eigenvalue weighted by molar-refractivity contribution is 6.39. The summed E-state index contributed by atoms with van der Waals surface area (Å²) in [6.07, 6.45) is 7.87. The Bertz CT molecular complexity index is 895. The lowest BCUT2D eigenvalue weighted by Gasteiger charge is -2.38. The van der Waals surface area contributed by atoms with Crippen LogP contribution in [0.2, 0.25) is 0 Å². The van der Waals surface area contributed by atoms with Gasteiger partial charge in [-0.1, -0.05) is 24.4 Å². The number of carboxylic acids is 1. The fraction of sp³-hybridized carbons (Fsp3) is 0.682. The molecule has 3 heterocycles. The van der Waals surface area contributed by atoms with Crippen molar-refractivity contribution in [2.45, 2.75) is 69.2 Å². The zero-order valence-electron chi connectivity index (χ0n) is 19.3. The van der Waals surface area contributed by atoms with Crippen LogP contribution in [-0.4, -0.2) is 86.7 Å². The Morgan fingerprint density at radius 1 is 1.20 bits per heavy atom. The number of nitrogens with zero attached hydrogens (tertiary/aromatic N) is 5. The number of hydrogen-bond acceptors (Lipinski definition) is 8. The van der Waals surface area contributed by atoms with Crippen LogP contribution in [0.15, 0.2) is 23.7 Å². The first-order chi connectivity index (χ1) is 16.6. The highest BCUT2D eigenvalue weighted by atomic mass is 19.4. The van der Waals surface area contributed by atoms with Crippen LogP contribution in [0.25, 0.3) is 0 Å². The van der Waals surface area contributed by atoms with Crippen molar-refractivity contribution in [2.75, 3.05) is 31.1 Å². The summed E-state index contributed by atoms with van der Waals surface area (Å²) in [5.74, 6) is -2.00. The van der Waals surface area contributed by atoms with Crippen LogP contribution in [-0.2, 0) is 14.4 Å². The quantitative estimate of drug-likeness (QED) is 0.630. The third-order valence-corrected chi connectivity index (χ3v) is 6.36. The van der Waals surface area contributed by atoms with E-state index in [1.807, 2.05) is 4.90 Å². The number of carbonyl (C=O) groups is 2. The maximum atomic E-state index is 13.2. The van der Waals surface area contributed by atoms with E-state index >= 15 is 0 Å². The number of oxime groups is 1. The summed E-state index contributed by atoms with van der Waals surface area (Å²) in [5.41, 5.74) is 0.0121. The van der Waals surface area contributed by atoms with E-state index in [1.165, 1.54) is 6.42 Å². The Kier molecular flexibility index (Phi) is 8.87. The Balaban J connectivity index is 0.000000429. The number of aliphatic hydroxyl groups is 1. The van der Waals surface area contributed by atoms with E-state index in [0.29, 0.717) is 25.2 Å². The summed E-state index contributed by atoms with van der Waals surface area (Å²) in [6, 6.07) is 0.204. The molecule has 13 heteroatoms. The molecule has 194 valence electrons. The van der Waals surface area contributed by atoms with E-state index in [1.54, 1.807) is 18.6 Å². The topological polar surface area (TPSA) is 128 Å². The van der Waals surface area contributed by atoms with Crippen molar-refractivity contribution in [3.05, 3.63) is 18.6 Å². The van der Waals surface area contributed by atoms with E-state index in [2.05, 4.69) is 20.0 Å². The predicted octanol–water partition coefficient (Wildman–Crippen LogP) is 2.38. The number of aliphatic hydroxyl groups excluding tert-OH is 1. The monoisotopic (exact) mass is 501 g/mol. The molecule has 35 heavy (non-hydrogen) atoms. The molecule has 10 nitrogen and oxygen atoms in total. The summed E-state index contributed by atoms with van der Waals surface area (Å²) in [7, 11) is 0. The zero-order chi connectivity index (χ0) is 25.5. The number of carbonyl (C=O) groups excluding carboxylic acids is 1. The van der Waals surface area contributed by atoms with Gasteiger partial charge >= 0.3 is 12.1 Å². The summed E-state index contributed by atoms with van der Waals surface area (Å²) in [6.45, 7) is 1.88. The number of alkyl halides is 3. The van der Waals surface area contributed by atoms with Gasteiger partial charge in [-0.25, -0.2) is 9.78 Å². The second-order valence-corrected chi connectivity index (χ2v) is 8.89. The normalized spacial score (nSPS) is 22.6. The number of halogens is 3. The van der Waals surface area contributed by atoms with Gasteiger partial charge in [0.2, 0.25) is 0 Å². The molecule has 4 rings (SSSR count). The van der Waals surface area contributed by atoms with Crippen molar-refractivity contribution in [1.82, 2.24) is 14.9 Å². The average molecular weight is 502 g/mol. The highest BCUT2D eigenvalue weighted by Crippen LogP contribution is 2.35. The lowest BCUT2D eigenvalue weighted by Crippen LogP contribution is -2.50. The molecule has 2 aliphatic heterocycles. The lowest BCUT2D eigenvalue weighted by atomic mass is 9.87. The van der Waals surface area contributed by atoms with E-state index in [4.69, 9.17) is 14.7 Å². The van der Waals surface area contributed by atoms with Gasteiger partial charge in [0.1, 0.15) is 11.5 Å². The molecule has 1 amide bonds. The minimum Gasteiger partial charge on any atom is -0.475 e. The van der Waals surface area contributed by atoms with Crippen molar-refractivity contribution in [3.63, 3.8) is 0 Å². The van der Waals surface area contributed by atoms with Crippen molar-refractivity contribution in [1.29, 1.82) is 0 Å². The fourth-order valence-corrected chi connectivity index (χ4v) is 4.72. The van der Waals surface area contributed by atoms with E-state index < -0.39 is 17.7 Å². The fourth-order valence-electron chi connectivity index (χ4n) is 4.72. The van der Waals surface area contributed by atoms with Gasteiger partial charge in [0.15, 0.2) is 5.60 Å².